The maximum absolute atomic E-state index is 13.8. The Hall–Kier alpha value is -3.55. The molecule has 3 aromatic rings. The average molecular weight is 424 g/mol. The van der Waals surface area contributed by atoms with E-state index in [9.17, 15) is 13.6 Å². The van der Waals surface area contributed by atoms with Crippen molar-refractivity contribution in [2.24, 2.45) is 5.92 Å². The van der Waals surface area contributed by atoms with Crippen LogP contribution in [0.3, 0.4) is 0 Å². The van der Waals surface area contributed by atoms with Gasteiger partial charge in [0.2, 0.25) is 5.91 Å². The van der Waals surface area contributed by atoms with Crippen molar-refractivity contribution in [2.45, 2.75) is 12.8 Å². The first-order valence-electron chi connectivity index (χ1n) is 10.0. The van der Waals surface area contributed by atoms with Crippen molar-refractivity contribution in [3.05, 3.63) is 66.5 Å². The van der Waals surface area contributed by atoms with Crippen LogP contribution in [0.4, 0.5) is 20.3 Å². The van der Waals surface area contributed by atoms with Crippen LogP contribution in [0.15, 0.2) is 54.9 Å². The van der Waals surface area contributed by atoms with Gasteiger partial charge in [-0.1, -0.05) is 0 Å². The van der Waals surface area contributed by atoms with E-state index in [1.807, 2.05) is 30.3 Å². The largest absolute Gasteiger partial charge is 0.497 e. The fraction of sp³-hybridized carbons (Fsp3) is 0.261. The first kappa shape index (κ1) is 20.7. The van der Waals surface area contributed by atoms with E-state index in [0.717, 1.165) is 35.0 Å². The van der Waals surface area contributed by atoms with E-state index < -0.39 is 11.6 Å². The van der Waals surface area contributed by atoms with Gasteiger partial charge in [0.15, 0.2) is 0 Å². The van der Waals surface area contributed by atoms with E-state index in [1.165, 1.54) is 12.4 Å². The number of halogens is 2. The van der Waals surface area contributed by atoms with Crippen molar-refractivity contribution in [3.8, 4) is 17.0 Å². The van der Waals surface area contributed by atoms with Crippen LogP contribution in [0.25, 0.3) is 11.3 Å². The third-order valence-corrected chi connectivity index (χ3v) is 5.42. The number of ether oxygens (including phenoxy) is 1. The molecule has 0 atom stereocenters. The molecule has 0 bridgehead atoms. The van der Waals surface area contributed by atoms with Crippen LogP contribution >= 0.6 is 0 Å². The number of aromatic nitrogens is 2. The molecule has 1 fully saturated rings. The van der Waals surface area contributed by atoms with Crippen LogP contribution < -0.4 is 15.0 Å². The number of carbonyl (C=O) groups excluding carboxylic acids is 1. The van der Waals surface area contributed by atoms with Crippen LogP contribution in [0, 0.1) is 17.6 Å². The van der Waals surface area contributed by atoms with Gasteiger partial charge in [-0.2, -0.15) is 0 Å². The topological polar surface area (TPSA) is 67.3 Å². The first-order chi connectivity index (χ1) is 15.0. The van der Waals surface area contributed by atoms with Gasteiger partial charge in [-0.15, -0.1) is 0 Å². The Balaban J connectivity index is 1.38. The minimum absolute atomic E-state index is 0.00577. The van der Waals surface area contributed by atoms with E-state index in [-0.39, 0.29) is 17.5 Å². The number of nitrogens with one attached hydrogen (secondary N) is 1. The molecule has 0 saturated carbocycles. The number of amides is 1. The van der Waals surface area contributed by atoms with Crippen molar-refractivity contribution >= 4 is 17.4 Å². The van der Waals surface area contributed by atoms with Gasteiger partial charge in [-0.05, 0) is 49.2 Å². The van der Waals surface area contributed by atoms with Crippen molar-refractivity contribution < 1.29 is 18.3 Å². The summed E-state index contributed by atoms with van der Waals surface area (Å²) >= 11 is 0. The summed E-state index contributed by atoms with van der Waals surface area (Å²) in [5.74, 6) is -0.390. The van der Waals surface area contributed by atoms with Gasteiger partial charge in [-0.3, -0.25) is 4.79 Å². The molecule has 1 aliphatic heterocycles. The third-order valence-electron chi connectivity index (χ3n) is 5.42. The monoisotopic (exact) mass is 424 g/mol. The van der Waals surface area contributed by atoms with Gasteiger partial charge in [-0.25, -0.2) is 18.7 Å². The number of benzene rings is 2. The predicted octanol–water partition coefficient (Wildman–Crippen LogP) is 4.29. The molecule has 2 aromatic carbocycles. The molecule has 1 aliphatic rings. The Kier molecular flexibility index (Phi) is 6.06. The van der Waals surface area contributed by atoms with Crippen molar-refractivity contribution in [1.82, 2.24) is 9.97 Å². The maximum atomic E-state index is 13.8. The van der Waals surface area contributed by atoms with E-state index in [2.05, 4.69) is 20.2 Å². The van der Waals surface area contributed by atoms with Crippen LogP contribution in [-0.4, -0.2) is 36.1 Å². The summed E-state index contributed by atoms with van der Waals surface area (Å²) < 4.78 is 32.0. The fourth-order valence-corrected chi connectivity index (χ4v) is 3.64. The molecule has 31 heavy (non-hydrogen) atoms. The number of methoxy groups -OCH3 is 1. The normalized spacial score (nSPS) is 14.4. The quantitative estimate of drug-likeness (QED) is 0.662. The summed E-state index contributed by atoms with van der Waals surface area (Å²) in [5, 5.41) is 2.57. The van der Waals surface area contributed by atoms with E-state index in [1.54, 1.807) is 7.11 Å². The molecule has 0 unspecified atom stereocenters. The molecule has 0 spiro atoms. The zero-order valence-electron chi connectivity index (χ0n) is 17.0. The van der Waals surface area contributed by atoms with E-state index in [4.69, 9.17) is 4.74 Å². The SMILES string of the molecule is COc1ccc(-c2cc(N3CCC(C(=O)Nc4ccc(F)cc4F)CC3)ncn2)cc1. The van der Waals surface area contributed by atoms with Crippen molar-refractivity contribution in [2.75, 3.05) is 30.4 Å². The lowest BCUT2D eigenvalue weighted by molar-refractivity contribution is -0.120. The molecule has 1 N–H and O–H groups in total. The molecule has 1 aromatic heterocycles. The van der Waals surface area contributed by atoms with Crippen LogP contribution in [0.2, 0.25) is 0 Å². The number of piperidine rings is 1. The van der Waals surface area contributed by atoms with Crippen LogP contribution in [-0.2, 0) is 4.79 Å². The van der Waals surface area contributed by atoms with Gasteiger partial charge in [0.1, 0.15) is 29.5 Å². The van der Waals surface area contributed by atoms with E-state index >= 15 is 0 Å². The third kappa shape index (κ3) is 4.79. The summed E-state index contributed by atoms with van der Waals surface area (Å²) in [6.45, 7) is 1.28. The van der Waals surface area contributed by atoms with Crippen LogP contribution in [0.1, 0.15) is 12.8 Å². The zero-order valence-corrected chi connectivity index (χ0v) is 17.0. The Labute approximate surface area is 178 Å². The van der Waals surface area contributed by atoms with Gasteiger partial charge >= 0.3 is 0 Å². The summed E-state index contributed by atoms with van der Waals surface area (Å²) in [6, 6.07) is 12.7. The molecule has 0 radical (unpaired) electrons. The molecule has 1 amide bonds. The maximum Gasteiger partial charge on any atom is 0.227 e. The number of hydrogen-bond donors (Lipinski definition) is 1. The lowest BCUT2D eigenvalue weighted by atomic mass is 9.95. The number of nitrogens with zero attached hydrogens (tertiary/aromatic N) is 3. The summed E-state index contributed by atoms with van der Waals surface area (Å²) in [4.78, 5) is 23.4. The lowest BCUT2D eigenvalue weighted by Crippen LogP contribution is -2.38. The highest BCUT2D eigenvalue weighted by atomic mass is 19.1. The predicted molar refractivity (Wildman–Crippen MR) is 114 cm³/mol. The molecule has 2 heterocycles. The highest BCUT2D eigenvalue weighted by molar-refractivity contribution is 5.92. The molecule has 4 rings (SSSR count). The Morgan fingerprint density at radius 1 is 1.06 bits per heavy atom. The summed E-state index contributed by atoms with van der Waals surface area (Å²) in [6.07, 6.45) is 2.75. The second kappa shape index (κ2) is 9.07. The smallest absolute Gasteiger partial charge is 0.227 e. The van der Waals surface area contributed by atoms with Gasteiger partial charge in [0.25, 0.3) is 0 Å². The number of rotatable bonds is 5. The number of carbonyl (C=O) groups is 1. The van der Waals surface area contributed by atoms with E-state index in [0.29, 0.717) is 25.9 Å². The molecule has 8 heteroatoms. The number of anilines is 2. The number of hydrogen-bond acceptors (Lipinski definition) is 5. The first-order valence-corrected chi connectivity index (χ1v) is 10.0. The van der Waals surface area contributed by atoms with Crippen LogP contribution in [0.5, 0.6) is 5.75 Å². The second-order valence-corrected chi connectivity index (χ2v) is 7.36. The molecular weight excluding hydrogens is 402 g/mol. The minimum atomic E-state index is -0.780. The summed E-state index contributed by atoms with van der Waals surface area (Å²) in [5.41, 5.74) is 1.76. The molecule has 160 valence electrons. The fourth-order valence-electron chi connectivity index (χ4n) is 3.64. The highest BCUT2D eigenvalue weighted by Gasteiger charge is 2.26. The average Bonchev–Trinajstić information content (AvgIpc) is 2.81. The molecule has 6 nitrogen and oxygen atoms in total. The van der Waals surface area contributed by atoms with Gasteiger partial charge in [0, 0.05) is 36.7 Å². The Morgan fingerprint density at radius 3 is 2.48 bits per heavy atom. The second-order valence-electron chi connectivity index (χ2n) is 7.36. The molecule has 0 aliphatic carbocycles. The molecule has 1 saturated heterocycles. The standard InChI is InChI=1S/C23H22F2N4O2/c1-31-18-5-2-15(3-6-18)21-13-22(27-14-26-21)29-10-8-16(9-11-29)23(30)28-20-7-4-17(24)12-19(20)25/h2-7,12-14,16H,8-11H2,1H3,(H,28,30). The Morgan fingerprint density at radius 2 is 1.81 bits per heavy atom. The van der Waals surface area contributed by atoms with Gasteiger partial charge < -0.3 is 15.0 Å². The lowest BCUT2D eigenvalue weighted by Gasteiger charge is -2.32. The van der Waals surface area contributed by atoms with Crippen molar-refractivity contribution in [1.29, 1.82) is 0 Å². The highest BCUT2D eigenvalue weighted by Crippen LogP contribution is 2.27. The minimum Gasteiger partial charge on any atom is -0.497 e. The zero-order chi connectivity index (χ0) is 21.8. The Bertz CT molecular complexity index is 1070. The summed E-state index contributed by atoms with van der Waals surface area (Å²) in [7, 11) is 1.62. The molecular formula is C23H22F2N4O2. The van der Waals surface area contributed by atoms with Gasteiger partial charge in [0.05, 0.1) is 18.5 Å². The van der Waals surface area contributed by atoms with Crippen molar-refractivity contribution in [3.63, 3.8) is 0 Å².